The van der Waals surface area contributed by atoms with E-state index in [0.717, 1.165) is 21.8 Å². The highest BCUT2D eigenvalue weighted by atomic mass is 79.9. The number of amides is 3. The predicted octanol–water partition coefficient (Wildman–Crippen LogP) is 5.25. The molecule has 0 atom stereocenters. The summed E-state index contributed by atoms with van der Waals surface area (Å²) in [6.45, 7) is 0.250. The molecule has 1 N–H and O–H groups in total. The molecule has 2 aliphatic heterocycles. The van der Waals surface area contributed by atoms with Crippen molar-refractivity contribution in [2.75, 3.05) is 23.3 Å². The third-order valence-electron chi connectivity index (χ3n) is 5.88. The van der Waals surface area contributed by atoms with Gasteiger partial charge >= 0.3 is 0 Å². The van der Waals surface area contributed by atoms with Gasteiger partial charge in [-0.25, -0.2) is 0 Å². The van der Waals surface area contributed by atoms with Crippen molar-refractivity contribution in [1.29, 1.82) is 0 Å². The highest BCUT2D eigenvalue weighted by Crippen LogP contribution is 2.44. The minimum absolute atomic E-state index is 0.180. The summed E-state index contributed by atoms with van der Waals surface area (Å²) in [7, 11) is 0. The second-order valence-corrected chi connectivity index (χ2v) is 10.8. The van der Waals surface area contributed by atoms with Gasteiger partial charge in [-0.05, 0) is 36.2 Å². The number of nitrogens with zero attached hydrogens (tertiary/aromatic N) is 2. The van der Waals surface area contributed by atoms with Crippen molar-refractivity contribution in [2.45, 2.75) is 6.42 Å². The van der Waals surface area contributed by atoms with Gasteiger partial charge in [-0.1, -0.05) is 94.5 Å². The molecule has 180 valence electrons. The fourth-order valence-corrected chi connectivity index (χ4v) is 5.97. The lowest BCUT2D eigenvalue weighted by atomic mass is 10.1. The van der Waals surface area contributed by atoms with Crippen LogP contribution < -0.4 is 10.2 Å². The van der Waals surface area contributed by atoms with Crippen LogP contribution in [0.25, 0.3) is 5.57 Å². The van der Waals surface area contributed by atoms with Crippen LogP contribution in [0.1, 0.15) is 11.1 Å². The first-order valence-corrected chi connectivity index (χ1v) is 13.2. The third-order valence-corrected chi connectivity index (χ3v) is 7.82. The van der Waals surface area contributed by atoms with E-state index in [1.807, 2.05) is 48.5 Å². The van der Waals surface area contributed by atoms with Gasteiger partial charge in [-0.15, -0.1) is 0 Å². The molecule has 0 aliphatic carbocycles. The minimum atomic E-state index is -0.385. The van der Waals surface area contributed by atoms with E-state index < -0.39 is 0 Å². The van der Waals surface area contributed by atoms with Crippen LogP contribution >= 0.6 is 39.9 Å². The van der Waals surface area contributed by atoms with E-state index in [0.29, 0.717) is 44.7 Å². The highest BCUT2D eigenvalue weighted by Gasteiger charge is 2.42. The first-order valence-electron chi connectivity index (χ1n) is 11.2. The Morgan fingerprint density at radius 1 is 0.917 bits per heavy atom. The lowest BCUT2D eigenvalue weighted by Gasteiger charge is -2.17. The van der Waals surface area contributed by atoms with Gasteiger partial charge in [0, 0.05) is 22.3 Å². The largest absolute Gasteiger partial charge is 0.324 e. The summed E-state index contributed by atoms with van der Waals surface area (Å²) in [5, 5.41) is 2.82. The Balaban J connectivity index is 1.39. The standard InChI is InChI=1S/C27H20BrN3O3S2/c28-18-9-6-10-19(15-18)29-22(32)16-31-21-12-5-4-11-20(21)23(25(31)33)24-26(34)30(27(35)36-24)14-13-17-7-2-1-3-8-17/h1-12,15H,13-14,16H2,(H,29,32). The van der Waals surface area contributed by atoms with Crippen LogP contribution in [0.3, 0.4) is 0 Å². The highest BCUT2D eigenvalue weighted by molar-refractivity contribution is 9.10. The minimum Gasteiger partial charge on any atom is -0.324 e. The van der Waals surface area contributed by atoms with Gasteiger partial charge in [0.05, 0.1) is 16.2 Å². The molecule has 36 heavy (non-hydrogen) atoms. The van der Waals surface area contributed by atoms with Gasteiger partial charge in [0.1, 0.15) is 10.9 Å². The van der Waals surface area contributed by atoms with Crippen molar-refractivity contribution >= 4 is 78.9 Å². The van der Waals surface area contributed by atoms with Crippen molar-refractivity contribution in [3.8, 4) is 0 Å². The Morgan fingerprint density at radius 3 is 2.44 bits per heavy atom. The van der Waals surface area contributed by atoms with Crippen LogP contribution in [0.5, 0.6) is 0 Å². The smallest absolute Gasteiger partial charge is 0.267 e. The van der Waals surface area contributed by atoms with Crippen molar-refractivity contribution in [3.05, 3.63) is 99.4 Å². The molecule has 3 aromatic rings. The molecule has 5 rings (SSSR count). The number of carbonyl (C=O) groups is 3. The van der Waals surface area contributed by atoms with Crippen molar-refractivity contribution in [2.24, 2.45) is 0 Å². The summed E-state index contributed by atoms with van der Waals surface area (Å²) in [4.78, 5) is 43.1. The molecule has 0 aromatic heterocycles. The molecular formula is C27H20BrN3O3S2. The number of fused-ring (bicyclic) bond motifs is 1. The van der Waals surface area contributed by atoms with Crippen LogP contribution in [0.15, 0.2) is 88.2 Å². The lowest BCUT2D eigenvalue weighted by Crippen LogP contribution is -2.35. The molecule has 6 nitrogen and oxygen atoms in total. The zero-order chi connectivity index (χ0) is 25.2. The van der Waals surface area contributed by atoms with Gasteiger partial charge in [0.15, 0.2) is 0 Å². The number of para-hydroxylation sites is 1. The van der Waals surface area contributed by atoms with E-state index in [1.165, 1.54) is 4.90 Å². The zero-order valence-electron chi connectivity index (χ0n) is 18.9. The van der Waals surface area contributed by atoms with Crippen LogP contribution in [0.2, 0.25) is 0 Å². The summed E-state index contributed by atoms with van der Waals surface area (Å²) >= 11 is 10.0. The quantitative estimate of drug-likeness (QED) is 0.320. The average Bonchev–Trinajstić information content (AvgIpc) is 3.30. The fraction of sp³-hybridized carbons (Fsp3) is 0.111. The van der Waals surface area contributed by atoms with E-state index in [4.69, 9.17) is 12.2 Å². The predicted molar refractivity (Wildman–Crippen MR) is 151 cm³/mol. The maximum absolute atomic E-state index is 13.6. The topological polar surface area (TPSA) is 69.7 Å². The number of benzene rings is 3. The van der Waals surface area contributed by atoms with Crippen molar-refractivity contribution < 1.29 is 14.4 Å². The summed E-state index contributed by atoms with van der Waals surface area (Å²) in [6, 6.07) is 24.3. The molecule has 2 aliphatic rings. The molecule has 9 heteroatoms. The van der Waals surface area contributed by atoms with Gasteiger partial charge in [-0.3, -0.25) is 24.2 Å². The normalized spacial score (nSPS) is 17.1. The molecule has 1 fully saturated rings. The van der Waals surface area contributed by atoms with E-state index in [-0.39, 0.29) is 24.3 Å². The Bertz CT molecular complexity index is 1420. The second-order valence-electron chi connectivity index (χ2n) is 8.23. The van der Waals surface area contributed by atoms with Crippen LogP contribution in [-0.2, 0) is 20.8 Å². The molecule has 3 amide bonds. The monoisotopic (exact) mass is 577 g/mol. The van der Waals surface area contributed by atoms with Gasteiger partial charge in [0.2, 0.25) is 5.91 Å². The molecular weight excluding hydrogens is 558 g/mol. The maximum Gasteiger partial charge on any atom is 0.267 e. The zero-order valence-corrected chi connectivity index (χ0v) is 22.2. The first-order chi connectivity index (χ1) is 17.4. The second kappa shape index (κ2) is 10.4. The van der Waals surface area contributed by atoms with E-state index >= 15 is 0 Å². The first kappa shape index (κ1) is 24.4. The number of carbonyl (C=O) groups excluding carboxylic acids is 3. The molecule has 0 spiro atoms. The molecule has 0 radical (unpaired) electrons. The summed E-state index contributed by atoms with van der Waals surface area (Å²) < 4.78 is 1.26. The lowest BCUT2D eigenvalue weighted by molar-refractivity contribution is -0.122. The number of nitrogens with one attached hydrogen (secondary N) is 1. The van der Waals surface area contributed by atoms with Gasteiger partial charge < -0.3 is 5.32 Å². The molecule has 3 aromatic carbocycles. The number of thioether (sulfide) groups is 1. The van der Waals surface area contributed by atoms with E-state index in [9.17, 15) is 14.4 Å². The molecule has 0 bridgehead atoms. The summed E-state index contributed by atoms with van der Waals surface area (Å²) in [5.41, 5.74) is 3.23. The van der Waals surface area contributed by atoms with Crippen LogP contribution in [-0.4, -0.2) is 40.0 Å². The molecule has 0 unspecified atom stereocenters. The Morgan fingerprint density at radius 2 is 1.67 bits per heavy atom. The Kier molecular flexibility index (Phi) is 7.04. The number of rotatable bonds is 6. The Labute approximate surface area is 226 Å². The fourth-order valence-electron chi connectivity index (χ4n) is 4.19. The van der Waals surface area contributed by atoms with Gasteiger partial charge in [-0.2, -0.15) is 0 Å². The molecule has 2 heterocycles. The SMILES string of the molecule is O=C(CN1C(=O)C(=C2SC(=S)N(CCc3ccccc3)C2=O)c2ccccc21)Nc1cccc(Br)c1. The number of hydrogen-bond acceptors (Lipinski definition) is 5. The third kappa shape index (κ3) is 4.86. The molecule has 0 saturated carbocycles. The number of anilines is 2. The van der Waals surface area contributed by atoms with Crippen LogP contribution in [0.4, 0.5) is 11.4 Å². The number of hydrogen-bond donors (Lipinski definition) is 1. The van der Waals surface area contributed by atoms with Crippen LogP contribution in [0, 0.1) is 0 Å². The van der Waals surface area contributed by atoms with Crippen molar-refractivity contribution in [1.82, 2.24) is 4.90 Å². The van der Waals surface area contributed by atoms with Crippen molar-refractivity contribution in [3.63, 3.8) is 0 Å². The summed E-state index contributed by atoms with van der Waals surface area (Å²) in [6.07, 6.45) is 0.655. The van der Waals surface area contributed by atoms with E-state index in [1.54, 1.807) is 35.2 Å². The Hall–Kier alpha value is -3.27. The average molecular weight is 579 g/mol. The molecule has 1 saturated heterocycles. The van der Waals surface area contributed by atoms with Gasteiger partial charge in [0.25, 0.3) is 11.8 Å². The van der Waals surface area contributed by atoms with E-state index in [2.05, 4.69) is 21.2 Å². The summed E-state index contributed by atoms with van der Waals surface area (Å²) in [5.74, 6) is -1.00. The maximum atomic E-state index is 13.6. The number of halogens is 1. The number of thiocarbonyl (C=S) groups is 1.